The van der Waals surface area contributed by atoms with Crippen molar-refractivity contribution in [3.63, 3.8) is 0 Å². The average Bonchev–Trinajstić information content (AvgIpc) is 2.66. The molecule has 1 atom stereocenters. The van der Waals surface area contributed by atoms with E-state index < -0.39 is 79.4 Å². The van der Waals surface area contributed by atoms with Gasteiger partial charge in [-0.05, 0) is 6.42 Å². The van der Waals surface area contributed by atoms with Gasteiger partial charge in [0.15, 0.2) is 0 Å². The molecule has 0 rings (SSSR count). The molecule has 3 nitrogen and oxygen atoms in total. The van der Waals surface area contributed by atoms with E-state index in [0.717, 1.165) is 0 Å². The molecule has 202 valence electrons. The third-order valence-corrected chi connectivity index (χ3v) is 4.09. The molecule has 19 heteroatoms. The summed E-state index contributed by atoms with van der Waals surface area (Å²) in [5.41, 5.74) is 0. The number of hydrogen-bond donors (Lipinski definition) is 1. The lowest BCUT2D eigenvalue weighted by Gasteiger charge is -2.42. The summed E-state index contributed by atoms with van der Waals surface area (Å²) in [6, 6.07) is 0. The van der Waals surface area contributed by atoms with Crippen molar-refractivity contribution in [1.82, 2.24) is 0 Å². The average molecular weight is 544 g/mol. The topological polar surface area (TPSA) is 46.5 Å². The summed E-state index contributed by atoms with van der Waals surface area (Å²) in [5.74, 6) is -56.3. The molecule has 0 spiro atoms. The van der Waals surface area contributed by atoms with Crippen LogP contribution in [0.4, 0.5) is 70.2 Å². The van der Waals surface area contributed by atoms with E-state index in [2.05, 4.69) is 11.3 Å². The zero-order chi connectivity index (χ0) is 27.8. The standard InChI is InChI=1S/C15H12F16O3/c1-2-6(32)34-7(33)4-3-5-9(18,19)11(22,23)13(26,27)15(30,31)14(28,29)12(24,25)10(20,21)8(16)17/h2,7-8,33H,1,3-5H2. The zero-order valence-corrected chi connectivity index (χ0v) is 15.9. The molecule has 0 radical (unpaired) electrons. The molecule has 0 aliphatic rings. The van der Waals surface area contributed by atoms with Crippen LogP contribution in [-0.2, 0) is 9.53 Å². The van der Waals surface area contributed by atoms with E-state index in [1.54, 1.807) is 0 Å². The first-order chi connectivity index (χ1) is 14.8. The number of alkyl halides is 16. The van der Waals surface area contributed by atoms with Gasteiger partial charge in [-0.1, -0.05) is 6.58 Å². The van der Waals surface area contributed by atoms with Gasteiger partial charge in [0.05, 0.1) is 0 Å². The molecule has 1 N–H and O–H groups in total. The Kier molecular flexibility index (Phi) is 9.05. The van der Waals surface area contributed by atoms with Gasteiger partial charge in [-0.3, -0.25) is 0 Å². The maximum absolute atomic E-state index is 13.6. The summed E-state index contributed by atoms with van der Waals surface area (Å²) in [6.45, 7) is 2.81. The van der Waals surface area contributed by atoms with Crippen LogP contribution < -0.4 is 0 Å². The van der Waals surface area contributed by atoms with Gasteiger partial charge in [-0.15, -0.1) is 0 Å². The molecule has 34 heavy (non-hydrogen) atoms. The summed E-state index contributed by atoms with van der Waals surface area (Å²) in [5, 5.41) is 9.05. The van der Waals surface area contributed by atoms with Crippen LogP contribution in [0.2, 0.25) is 0 Å². The van der Waals surface area contributed by atoms with Crippen LogP contribution in [0.3, 0.4) is 0 Å². The van der Waals surface area contributed by atoms with Gasteiger partial charge in [-0.25, -0.2) is 13.6 Å². The summed E-state index contributed by atoms with van der Waals surface area (Å²) in [6.07, 6.45) is -13.4. The first kappa shape index (κ1) is 32.0. The summed E-state index contributed by atoms with van der Waals surface area (Å²) >= 11 is 0. The van der Waals surface area contributed by atoms with Crippen molar-refractivity contribution in [3.05, 3.63) is 12.7 Å². The van der Waals surface area contributed by atoms with E-state index in [9.17, 15) is 75.0 Å². The Morgan fingerprint density at radius 1 is 0.765 bits per heavy atom. The van der Waals surface area contributed by atoms with Crippen LogP contribution in [-0.4, -0.2) is 65.2 Å². The highest BCUT2D eigenvalue weighted by Gasteiger charge is 2.93. The highest BCUT2D eigenvalue weighted by atomic mass is 19.4. The number of esters is 1. The molecular weight excluding hydrogens is 532 g/mol. The van der Waals surface area contributed by atoms with Gasteiger partial charge in [-0.2, -0.15) is 61.5 Å². The van der Waals surface area contributed by atoms with Crippen molar-refractivity contribution in [2.45, 2.75) is 73.4 Å². The minimum atomic E-state index is -8.45. The Hall–Kier alpha value is -1.95. The molecule has 0 aliphatic carbocycles. The number of aliphatic hydroxyl groups is 1. The molecule has 0 bridgehead atoms. The number of hydrogen-bond acceptors (Lipinski definition) is 3. The fraction of sp³-hybridized carbons (Fsp3) is 0.800. The van der Waals surface area contributed by atoms with Gasteiger partial charge in [0, 0.05) is 18.9 Å². The van der Waals surface area contributed by atoms with E-state index in [0.29, 0.717) is 6.08 Å². The molecule has 0 aliphatic heterocycles. The number of rotatable bonds is 13. The summed E-state index contributed by atoms with van der Waals surface area (Å²) in [4.78, 5) is 10.7. The molecule has 0 heterocycles. The highest BCUT2D eigenvalue weighted by molar-refractivity contribution is 5.81. The molecule has 0 saturated carbocycles. The lowest BCUT2D eigenvalue weighted by Crippen LogP contribution is -2.73. The van der Waals surface area contributed by atoms with Crippen LogP contribution >= 0.6 is 0 Å². The normalized spacial score (nSPS) is 15.9. The maximum atomic E-state index is 13.6. The van der Waals surface area contributed by atoms with Crippen LogP contribution in [0.5, 0.6) is 0 Å². The van der Waals surface area contributed by atoms with E-state index in [1.165, 1.54) is 0 Å². The number of carbonyl (C=O) groups is 1. The lowest BCUT2D eigenvalue weighted by atomic mass is 9.88. The minimum Gasteiger partial charge on any atom is -0.433 e. The van der Waals surface area contributed by atoms with Gasteiger partial charge in [0.2, 0.25) is 6.29 Å². The summed E-state index contributed by atoms with van der Waals surface area (Å²) < 4.78 is 214. The van der Waals surface area contributed by atoms with Crippen LogP contribution in [0, 0.1) is 0 Å². The fourth-order valence-electron chi connectivity index (χ4n) is 2.06. The molecule has 0 aromatic rings. The second kappa shape index (κ2) is 9.60. The van der Waals surface area contributed by atoms with E-state index in [1.807, 2.05) is 0 Å². The molecule has 0 aromatic heterocycles. The summed E-state index contributed by atoms with van der Waals surface area (Å²) in [7, 11) is 0. The van der Waals surface area contributed by atoms with Gasteiger partial charge < -0.3 is 9.84 Å². The smallest absolute Gasteiger partial charge is 0.384 e. The molecule has 0 aromatic carbocycles. The van der Waals surface area contributed by atoms with E-state index >= 15 is 0 Å². The zero-order valence-electron chi connectivity index (χ0n) is 15.9. The predicted octanol–water partition coefficient (Wildman–Crippen LogP) is 5.92. The second-order valence-corrected chi connectivity index (χ2v) is 6.49. The Balaban J connectivity index is 6.06. The van der Waals surface area contributed by atoms with Crippen molar-refractivity contribution in [1.29, 1.82) is 0 Å². The second-order valence-electron chi connectivity index (χ2n) is 6.49. The third-order valence-electron chi connectivity index (χ3n) is 4.09. The molecular formula is C15H12F16O3. The Labute approximate surface area is 178 Å². The van der Waals surface area contributed by atoms with Crippen molar-refractivity contribution in [3.8, 4) is 0 Å². The van der Waals surface area contributed by atoms with Crippen molar-refractivity contribution in [2.75, 3.05) is 0 Å². The van der Waals surface area contributed by atoms with Crippen LogP contribution in [0.25, 0.3) is 0 Å². The van der Waals surface area contributed by atoms with E-state index in [4.69, 9.17) is 5.11 Å². The monoisotopic (exact) mass is 544 g/mol. The number of halogens is 16. The van der Waals surface area contributed by atoms with Crippen molar-refractivity contribution >= 4 is 5.97 Å². The van der Waals surface area contributed by atoms with Gasteiger partial charge >= 0.3 is 53.9 Å². The van der Waals surface area contributed by atoms with Crippen molar-refractivity contribution in [2.24, 2.45) is 0 Å². The van der Waals surface area contributed by atoms with Crippen LogP contribution in [0.1, 0.15) is 19.3 Å². The minimum absolute atomic E-state index is 0.405. The van der Waals surface area contributed by atoms with E-state index in [-0.39, 0.29) is 0 Å². The largest absolute Gasteiger partial charge is 0.433 e. The maximum Gasteiger partial charge on any atom is 0.384 e. The number of ether oxygens (including phenoxy) is 1. The first-order valence-electron chi connectivity index (χ1n) is 8.23. The SMILES string of the molecule is C=CC(=O)OC(O)CCCC(F)(F)C(F)(F)C(F)(F)C(F)(F)C(F)(F)C(F)(F)C(F)(F)C(F)F. The van der Waals surface area contributed by atoms with Gasteiger partial charge in [0.1, 0.15) is 0 Å². The quantitative estimate of drug-likeness (QED) is 0.136. The Bertz CT molecular complexity index is 733. The molecule has 0 fully saturated rings. The lowest BCUT2D eigenvalue weighted by molar-refractivity contribution is -0.447. The fourth-order valence-corrected chi connectivity index (χ4v) is 2.06. The molecule has 0 amide bonds. The van der Waals surface area contributed by atoms with Crippen LogP contribution in [0.15, 0.2) is 12.7 Å². The van der Waals surface area contributed by atoms with Gasteiger partial charge in [0.25, 0.3) is 0 Å². The predicted molar refractivity (Wildman–Crippen MR) is 76.8 cm³/mol. The molecule has 1 unspecified atom stereocenters. The molecule has 0 saturated heterocycles. The van der Waals surface area contributed by atoms with Crippen molar-refractivity contribution < 1.29 is 84.9 Å². The number of carbonyl (C=O) groups excluding carboxylic acids is 1. The Morgan fingerprint density at radius 3 is 1.53 bits per heavy atom. The Morgan fingerprint density at radius 2 is 1.15 bits per heavy atom. The third kappa shape index (κ3) is 5.02. The highest BCUT2D eigenvalue weighted by Crippen LogP contribution is 2.63. The number of aliphatic hydroxyl groups excluding tert-OH is 1. The first-order valence-corrected chi connectivity index (χ1v) is 8.23.